The van der Waals surface area contributed by atoms with E-state index in [0.717, 1.165) is 51.3 Å². The van der Waals surface area contributed by atoms with Crippen molar-refractivity contribution in [1.82, 2.24) is 0 Å². The summed E-state index contributed by atoms with van der Waals surface area (Å²) in [7, 11) is 2.13. The molecular formula is C20H31BN2O3. The van der Waals surface area contributed by atoms with Crippen molar-refractivity contribution in [3.8, 4) is 0 Å². The second-order valence-corrected chi connectivity index (χ2v) is 6.68. The van der Waals surface area contributed by atoms with Crippen LogP contribution in [0.3, 0.4) is 0 Å². The summed E-state index contributed by atoms with van der Waals surface area (Å²) < 4.78 is 0. The molecule has 142 valence electrons. The minimum atomic E-state index is -0.0685. The van der Waals surface area contributed by atoms with Gasteiger partial charge in [0.05, 0.1) is 0 Å². The molecule has 0 saturated heterocycles. The topological polar surface area (TPSA) is 75.3 Å². The fourth-order valence-corrected chi connectivity index (χ4v) is 2.74. The third-order valence-electron chi connectivity index (χ3n) is 4.17. The van der Waals surface area contributed by atoms with Crippen LogP contribution in [-0.2, 0) is 9.59 Å². The van der Waals surface area contributed by atoms with Crippen molar-refractivity contribution in [2.45, 2.75) is 71.0 Å². The largest absolute Gasteiger partial charge is 0.326 e. The highest BCUT2D eigenvalue weighted by Gasteiger charge is 2.08. The molecule has 0 heterocycles. The average Bonchev–Trinajstić information content (AvgIpc) is 2.62. The molecule has 1 aromatic carbocycles. The predicted octanol–water partition coefficient (Wildman–Crippen LogP) is 3.96. The molecule has 2 N–H and O–H groups in total. The van der Waals surface area contributed by atoms with E-state index in [4.69, 9.17) is 0 Å². The highest BCUT2D eigenvalue weighted by molar-refractivity contribution is 6.08. The lowest BCUT2D eigenvalue weighted by Crippen LogP contribution is -2.14. The van der Waals surface area contributed by atoms with Crippen molar-refractivity contribution in [2.75, 3.05) is 10.6 Å². The van der Waals surface area contributed by atoms with E-state index in [0.29, 0.717) is 36.1 Å². The Kier molecular flexibility index (Phi) is 11.1. The van der Waals surface area contributed by atoms with E-state index in [1.807, 2.05) is 0 Å². The van der Waals surface area contributed by atoms with Crippen LogP contribution in [0.4, 0.5) is 11.4 Å². The number of anilines is 2. The average molecular weight is 358 g/mol. The Morgan fingerprint density at radius 2 is 1.42 bits per heavy atom. The molecule has 0 aliphatic rings. The van der Waals surface area contributed by atoms with Gasteiger partial charge in [-0.25, -0.2) is 0 Å². The van der Waals surface area contributed by atoms with Gasteiger partial charge >= 0.3 is 0 Å². The molecule has 0 radical (unpaired) electrons. The lowest BCUT2D eigenvalue weighted by atomic mass is 9.99. The monoisotopic (exact) mass is 358 g/mol. The first-order chi connectivity index (χ1) is 12.6. The molecule has 2 amide bonds. The molecule has 0 fully saturated rings. The summed E-state index contributed by atoms with van der Waals surface area (Å²) in [6.07, 6.45) is 9.94. The van der Waals surface area contributed by atoms with Crippen molar-refractivity contribution in [2.24, 2.45) is 0 Å². The summed E-state index contributed by atoms with van der Waals surface area (Å²) in [4.78, 5) is 35.2. The van der Waals surface area contributed by atoms with Crippen LogP contribution >= 0.6 is 0 Å². The van der Waals surface area contributed by atoms with Crippen LogP contribution < -0.4 is 10.6 Å². The summed E-state index contributed by atoms with van der Waals surface area (Å²) in [6, 6.07) is 4.93. The van der Waals surface area contributed by atoms with Gasteiger partial charge in [0, 0.05) is 29.8 Å². The fourth-order valence-electron chi connectivity index (χ4n) is 2.74. The summed E-state index contributed by atoms with van der Waals surface area (Å²) in [5.41, 5.74) is 1.50. The molecule has 0 bridgehead atoms. The minimum Gasteiger partial charge on any atom is -0.326 e. The number of benzene rings is 1. The number of hydrogen-bond donors (Lipinski definition) is 2. The van der Waals surface area contributed by atoms with Gasteiger partial charge in [-0.05, 0) is 31.0 Å². The maximum absolute atomic E-state index is 12.0. The van der Waals surface area contributed by atoms with E-state index in [1.54, 1.807) is 18.2 Å². The van der Waals surface area contributed by atoms with E-state index in [1.165, 1.54) is 0 Å². The Morgan fingerprint density at radius 3 is 1.88 bits per heavy atom. The minimum absolute atomic E-state index is 0.0685. The molecule has 5 nitrogen and oxygen atoms in total. The van der Waals surface area contributed by atoms with Crippen LogP contribution in [0.25, 0.3) is 0 Å². The third-order valence-corrected chi connectivity index (χ3v) is 4.17. The van der Waals surface area contributed by atoms with Gasteiger partial charge in [0.25, 0.3) is 0 Å². The zero-order chi connectivity index (χ0) is 19.2. The van der Waals surface area contributed by atoms with Crippen molar-refractivity contribution in [3.63, 3.8) is 0 Å². The fraction of sp³-hybridized carbons (Fsp3) is 0.550. The number of carbonyl (C=O) groups is 3. The Labute approximate surface area is 157 Å². The molecule has 6 heteroatoms. The second-order valence-electron chi connectivity index (χ2n) is 6.68. The number of hydrogen-bond acceptors (Lipinski definition) is 3. The Bertz CT molecular complexity index is 546. The van der Waals surface area contributed by atoms with Crippen molar-refractivity contribution < 1.29 is 14.4 Å². The molecule has 0 aliphatic heterocycles. The van der Waals surface area contributed by atoms with Gasteiger partial charge in [0.15, 0.2) is 0 Å². The molecular weight excluding hydrogens is 327 g/mol. The zero-order valence-corrected chi connectivity index (χ0v) is 16.1. The van der Waals surface area contributed by atoms with Gasteiger partial charge < -0.3 is 10.6 Å². The van der Waals surface area contributed by atoms with E-state index in [2.05, 4.69) is 25.4 Å². The number of carbonyl (C=O) groups excluding carboxylic acids is 3. The van der Waals surface area contributed by atoms with Crippen molar-refractivity contribution in [1.29, 1.82) is 0 Å². The van der Waals surface area contributed by atoms with E-state index in [-0.39, 0.29) is 11.8 Å². The number of unbranched alkanes of at least 4 members (excludes halogenated alkanes) is 5. The summed E-state index contributed by atoms with van der Waals surface area (Å²) in [6.45, 7) is 2.13. The molecule has 0 atom stereocenters. The van der Waals surface area contributed by atoms with Gasteiger partial charge in [-0.3, -0.25) is 14.4 Å². The van der Waals surface area contributed by atoms with Gasteiger partial charge in [-0.1, -0.05) is 45.3 Å². The van der Waals surface area contributed by atoms with Crippen molar-refractivity contribution in [3.05, 3.63) is 23.8 Å². The van der Waals surface area contributed by atoms with Crippen LogP contribution in [0.15, 0.2) is 18.2 Å². The second kappa shape index (κ2) is 13.1. The number of nitrogens with one attached hydrogen (secondary N) is 2. The van der Waals surface area contributed by atoms with Gasteiger partial charge in [0.1, 0.15) is 14.1 Å². The molecule has 0 aliphatic carbocycles. The highest BCUT2D eigenvalue weighted by Crippen LogP contribution is 2.19. The Morgan fingerprint density at radius 1 is 0.885 bits per heavy atom. The molecule has 1 aromatic rings. The summed E-state index contributed by atoms with van der Waals surface area (Å²) in [5, 5.41) is 5.64. The first-order valence-electron chi connectivity index (χ1n) is 9.79. The van der Waals surface area contributed by atoms with Gasteiger partial charge in [0.2, 0.25) is 11.8 Å². The first-order valence-corrected chi connectivity index (χ1v) is 9.79. The van der Waals surface area contributed by atoms with Gasteiger partial charge in [-0.2, -0.15) is 0 Å². The molecule has 0 aromatic heterocycles. The van der Waals surface area contributed by atoms with Crippen molar-refractivity contribution >= 4 is 37.3 Å². The Balaban J connectivity index is 2.59. The zero-order valence-electron chi connectivity index (χ0n) is 16.1. The van der Waals surface area contributed by atoms with E-state index >= 15 is 0 Å². The van der Waals surface area contributed by atoms with Crippen LogP contribution in [0.2, 0.25) is 6.32 Å². The normalized spacial score (nSPS) is 10.3. The predicted molar refractivity (Wildman–Crippen MR) is 110 cm³/mol. The third kappa shape index (κ3) is 9.40. The number of amides is 2. The van der Waals surface area contributed by atoms with Crippen LogP contribution in [0, 0.1) is 0 Å². The Hall–Kier alpha value is -2.11. The maximum atomic E-state index is 12.0. The molecule has 0 saturated carbocycles. The quantitative estimate of drug-likeness (QED) is 0.318. The van der Waals surface area contributed by atoms with Crippen LogP contribution in [0.5, 0.6) is 0 Å². The lowest BCUT2D eigenvalue weighted by Gasteiger charge is -2.10. The molecule has 0 spiro atoms. The van der Waals surface area contributed by atoms with Crippen LogP contribution in [-0.4, -0.2) is 25.9 Å². The van der Waals surface area contributed by atoms with E-state index in [9.17, 15) is 14.4 Å². The van der Waals surface area contributed by atoms with Gasteiger partial charge in [-0.15, -0.1) is 0 Å². The lowest BCUT2D eigenvalue weighted by molar-refractivity contribution is -0.117. The molecule has 26 heavy (non-hydrogen) atoms. The summed E-state index contributed by atoms with van der Waals surface area (Å²) in [5.74, 6) is -0.137. The number of aldehydes is 1. The maximum Gasteiger partial charge on any atom is 0.224 e. The smallest absolute Gasteiger partial charge is 0.224 e. The van der Waals surface area contributed by atoms with E-state index < -0.39 is 0 Å². The molecule has 0 unspecified atom stereocenters. The number of rotatable bonds is 13. The molecule has 1 rings (SSSR count). The first kappa shape index (κ1) is 21.9. The standard InChI is InChI=1S/C20H31BN2O3/c1-2-3-4-6-9-19(25)22-17-12-16(15-24)13-18(14-17)23-20(26)10-7-5-8-11-21/h12-15H,2-11,21H2,1H3,(H,22,25)(H,23,26). The van der Waals surface area contributed by atoms with Crippen LogP contribution in [0.1, 0.15) is 75.1 Å². The highest BCUT2D eigenvalue weighted by atomic mass is 16.2. The summed E-state index contributed by atoms with van der Waals surface area (Å²) >= 11 is 0. The SMILES string of the molecule is BCCCCCC(=O)Nc1cc(C=O)cc(NC(=O)CCCCCC)c1.